The molecule has 0 aromatic rings. The second kappa shape index (κ2) is 7.63. The molecule has 5 nitrogen and oxygen atoms in total. The molecule has 1 heterocycles. The molecule has 1 fully saturated rings. The van der Waals surface area contributed by atoms with E-state index in [-0.39, 0.29) is 18.1 Å². The van der Waals surface area contributed by atoms with Gasteiger partial charge in [-0.1, -0.05) is 6.92 Å². The summed E-state index contributed by atoms with van der Waals surface area (Å²) in [5.74, 6) is 0.605. The van der Waals surface area contributed by atoms with E-state index in [1.807, 2.05) is 20.8 Å². The third kappa shape index (κ3) is 4.61. The Kier molecular flexibility index (Phi) is 6.47. The van der Waals surface area contributed by atoms with Crippen molar-refractivity contribution in [2.45, 2.75) is 27.1 Å². The first-order valence-corrected chi connectivity index (χ1v) is 6.40. The van der Waals surface area contributed by atoms with Crippen molar-refractivity contribution in [3.05, 3.63) is 0 Å². The quantitative estimate of drug-likeness (QED) is 0.605. The van der Waals surface area contributed by atoms with Crippen LogP contribution in [0.3, 0.4) is 0 Å². The molecule has 1 unspecified atom stereocenters. The number of amides is 1. The van der Waals surface area contributed by atoms with Gasteiger partial charge in [0.25, 0.3) is 0 Å². The summed E-state index contributed by atoms with van der Waals surface area (Å²) in [5.41, 5.74) is 0. The minimum Gasteiger partial charge on any atom is -0.351 e. The second-order valence-corrected chi connectivity index (χ2v) is 4.29. The van der Waals surface area contributed by atoms with Gasteiger partial charge in [0.05, 0.1) is 6.54 Å². The summed E-state index contributed by atoms with van der Waals surface area (Å²) in [6, 6.07) is 0. The van der Waals surface area contributed by atoms with Crippen LogP contribution in [0.2, 0.25) is 0 Å². The van der Waals surface area contributed by atoms with Crippen LogP contribution >= 0.6 is 0 Å². The van der Waals surface area contributed by atoms with Gasteiger partial charge in [-0.25, -0.2) is 0 Å². The average molecular weight is 244 g/mol. The fraction of sp³-hybridized carbons (Fsp3) is 0.917. The lowest BCUT2D eigenvalue weighted by atomic mass is 9.88. The standard InChI is InChI=1S/C12H24N2O3/c1-4-16-11(17-5-2)8-14-12(15)9(3)10-6-13-7-10/h9-11,13H,4-8H2,1-3H3,(H,14,15). The molecule has 0 bridgehead atoms. The summed E-state index contributed by atoms with van der Waals surface area (Å²) < 4.78 is 10.7. The summed E-state index contributed by atoms with van der Waals surface area (Å²) in [4.78, 5) is 11.8. The molecule has 1 atom stereocenters. The maximum Gasteiger partial charge on any atom is 0.223 e. The van der Waals surface area contributed by atoms with Crippen LogP contribution in [0.15, 0.2) is 0 Å². The van der Waals surface area contributed by atoms with Crippen LogP contribution in [0.4, 0.5) is 0 Å². The van der Waals surface area contributed by atoms with Crippen LogP contribution in [-0.4, -0.2) is 45.0 Å². The molecule has 0 radical (unpaired) electrons. The Morgan fingerprint density at radius 3 is 2.35 bits per heavy atom. The Morgan fingerprint density at radius 1 is 1.35 bits per heavy atom. The largest absolute Gasteiger partial charge is 0.351 e. The number of ether oxygens (including phenoxy) is 2. The summed E-state index contributed by atoms with van der Waals surface area (Å²) in [6.07, 6.45) is -0.333. The Bertz CT molecular complexity index is 226. The predicted molar refractivity (Wildman–Crippen MR) is 65.6 cm³/mol. The number of carbonyl (C=O) groups is 1. The highest BCUT2D eigenvalue weighted by Crippen LogP contribution is 2.15. The Labute approximate surface area is 103 Å². The van der Waals surface area contributed by atoms with E-state index < -0.39 is 0 Å². The molecule has 2 N–H and O–H groups in total. The van der Waals surface area contributed by atoms with Crippen LogP contribution in [-0.2, 0) is 14.3 Å². The number of rotatable bonds is 8. The molecule has 1 amide bonds. The zero-order chi connectivity index (χ0) is 12.7. The van der Waals surface area contributed by atoms with Gasteiger partial charge < -0.3 is 20.1 Å². The van der Waals surface area contributed by atoms with Crippen molar-refractivity contribution in [1.29, 1.82) is 0 Å². The van der Waals surface area contributed by atoms with E-state index in [9.17, 15) is 4.79 Å². The highest BCUT2D eigenvalue weighted by Gasteiger charge is 2.28. The number of carbonyl (C=O) groups excluding carboxylic acids is 1. The molecular weight excluding hydrogens is 220 g/mol. The second-order valence-electron chi connectivity index (χ2n) is 4.29. The number of nitrogens with one attached hydrogen (secondary N) is 2. The summed E-state index contributed by atoms with van der Waals surface area (Å²) in [7, 11) is 0. The first kappa shape index (κ1) is 14.4. The topological polar surface area (TPSA) is 59.6 Å². The summed E-state index contributed by atoms with van der Waals surface area (Å²) >= 11 is 0. The van der Waals surface area contributed by atoms with E-state index in [1.165, 1.54) is 0 Å². The van der Waals surface area contributed by atoms with Gasteiger partial charge in [0, 0.05) is 19.1 Å². The number of hydrogen-bond acceptors (Lipinski definition) is 4. The molecule has 0 aromatic heterocycles. The van der Waals surface area contributed by atoms with Crippen molar-refractivity contribution < 1.29 is 14.3 Å². The first-order chi connectivity index (χ1) is 8.19. The van der Waals surface area contributed by atoms with Crippen molar-refractivity contribution in [1.82, 2.24) is 10.6 Å². The summed E-state index contributed by atoms with van der Waals surface area (Å²) in [5, 5.41) is 6.06. The molecule has 0 aromatic carbocycles. The third-order valence-corrected chi connectivity index (χ3v) is 3.08. The molecule has 0 aliphatic carbocycles. The van der Waals surface area contributed by atoms with Gasteiger partial charge in [-0.3, -0.25) is 4.79 Å². The highest BCUT2D eigenvalue weighted by molar-refractivity contribution is 5.78. The highest BCUT2D eigenvalue weighted by atomic mass is 16.7. The fourth-order valence-corrected chi connectivity index (χ4v) is 1.76. The van der Waals surface area contributed by atoms with Gasteiger partial charge in [-0.15, -0.1) is 0 Å². The van der Waals surface area contributed by atoms with Crippen LogP contribution in [0, 0.1) is 11.8 Å². The van der Waals surface area contributed by atoms with Crippen molar-refractivity contribution in [3.8, 4) is 0 Å². The SMILES string of the molecule is CCOC(CNC(=O)C(C)C1CNC1)OCC. The Balaban J connectivity index is 2.24. The van der Waals surface area contributed by atoms with Gasteiger partial charge in [0.1, 0.15) is 0 Å². The van der Waals surface area contributed by atoms with Crippen molar-refractivity contribution in [2.24, 2.45) is 11.8 Å². The third-order valence-electron chi connectivity index (χ3n) is 3.08. The van der Waals surface area contributed by atoms with E-state index in [1.54, 1.807) is 0 Å². The van der Waals surface area contributed by atoms with E-state index in [2.05, 4.69) is 10.6 Å². The lowest BCUT2D eigenvalue weighted by Gasteiger charge is -2.32. The minimum atomic E-state index is -0.333. The molecule has 0 saturated carbocycles. The van der Waals surface area contributed by atoms with E-state index in [4.69, 9.17) is 9.47 Å². The molecule has 100 valence electrons. The van der Waals surface area contributed by atoms with Gasteiger partial charge in [-0.2, -0.15) is 0 Å². The molecule has 1 aliphatic rings. The molecule has 5 heteroatoms. The van der Waals surface area contributed by atoms with E-state index in [0.717, 1.165) is 13.1 Å². The smallest absolute Gasteiger partial charge is 0.223 e. The average Bonchev–Trinajstić information content (AvgIpc) is 2.23. The molecule has 1 aliphatic heterocycles. The van der Waals surface area contributed by atoms with Crippen molar-refractivity contribution in [2.75, 3.05) is 32.8 Å². The van der Waals surface area contributed by atoms with E-state index in [0.29, 0.717) is 25.7 Å². The minimum absolute atomic E-state index is 0.0557. The maximum absolute atomic E-state index is 11.8. The molecule has 1 saturated heterocycles. The van der Waals surface area contributed by atoms with Crippen LogP contribution in [0.5, 0.6) is 0 Å². The lowest BCUT2D eigenvalue weighted by molar-refractivity contribution is -0.143. The van der Waals surface area contributed by atoms with Gasteiger partial charge in [0.15, 0.2) is 6.29 Å². The Morgan fingerprint density at radius 2 is 1.94 bits per heavy atom. The monoisotopic (exact) mass is 244 g/mol. The van der Waals surface area contributed by atoms with Gasteiger partial charge in [0.2, 0.25) is 5.91 Å². The molecule has 0 spiro atoms. The maximum atomic E-state index is 11.8. The molecular formula is C12H24N2O3. The first-order valence-electron chi connectivity index (χ1n) is 6.40. The van der Waals surface area contributed by atoms with Gasteiger partial charge in [-0.05, 0) is 32.9 Å². The molecule has 17 heavy (non-hydrogen) atoms. The van der Waals surface area contributed by atoms with E-state index >= 15 is 0 Å². The predicted octanol–water partition coefficient (Wildman–Crippen LogP) is 0.357. The van der Waals surface area contributed by atoms with Crippen LogP contribution in [0.25, 0.3) is 0 Å². The molecule has 1 rings (SSSR count). The Hall–Kier alpha value is -0.650. The van der Waals surface area contributed by atoms with Crippen molar-refractivity contribution >= 4 is 5.91 Å². The van der Waals surface area contributed by atoms with Gasteiger partial charge >= 0.3 is 0 Å². The number of hydrogen-bond donors (Lipinski definition) is 2. The van der Waals surface area contributed by atoms with Crippen LogP contribution < -0.4 is 10.6 Å². The zero-order valence-corrected chi connectivity index (χ0v) is 11.0. The lowest BCUT2D eigenvalue weighted by Crippen LogP contribution is -2.50. The van der Waals surface area contributed by atoms with Crippen LogP contribution in [0.1, 0.15) is 20.8 Å². The zero-order valence-electron chi connectivity index (χ0n) is 11.0. The fourth-order valence-electron chi connectivity index (χ4n) is 1.76. The summed E-state index contributed by atoms with van der Waals surface area (Å²) in [6.45, 7) is 9.27. The van der Waals surface area contributed by atoms with Crippen molar-refractivity contribution in [3.63, 3.8) is 0 Å². The normalized spacial score (nSPS) is 17.9.